The van der Waals surface area contributed by atoms with Crippen LogP contribution in [-0.2, 0) is 11.3 Å². The van der Waals surface area contributed by atoms with Gasteiger partial charge in [0.05, 0.1) is 20.3 Å². The van der Waals surface area contributed by atoms with Crippen molar-refractivity contribution >= 4 is 10.9 Å². The average Bonchev–Trinajstić information content (AvgIpc) is 2.79. The number of nitrogens with zero attached hydrogens (tertiary/aromatic N) is 2. The third-order valence-electron chi connectivity index (χ3n) is 4.57. The highest BCUT2D eigenvalue weighted by atomic mass is 16.5. The number of nitrogens with one attached hydrogen (secondary N) is 1. The molecule has 2 heterocycles. The van der Waals surface area contributed by atoms with Crippen molar-refractivity contribution in [2.24, 2.45) is 5.92 Å². The number of methoxy groups -OCH3 is 1. The van der Waals surface area contributed by atoms with Gasteiger partial charge in [0.15, 0.2) is 0 Å². The summed E-state index contributed by atoms with van der Waals surface area (Å²) in [5, 5.41) is 0.991. The van der Waals surface area contributed by atoms with Crippen molar-refractivity contribution in [3.8, 4) is 5.75 Å². The molecule has 1 unspecified atom stereocenters. The van der Waals surface area contributed by atoms with E-state index in [4.69, 9.17) is 9.47 Å². The minimum Gasteiger partial charge on any atom is -0.497 e. The van der Waals surface area contributed by atoms with Gasteiger partial charge in [0.2, 0.25) is 0 Å². The summed E-state index contributed by atoms with van der Waals surface area (Å²) < 4.78 is 11.0. The molecule has 6 heteroatoms. The van der Waals surface area contributed by atoms with Crippen LogP contribution in [0.15, 0.2) is 29.1 Å². The van der Waals surface area contributed by atoms with E-state index in [1.807, 2.05) is 24.3 Å². The number of rotatable bonds is 5. The number of aromatic nitrogens is 1. The number of hydrogen-bond acceptors (Lipinski definition) is 5. The first-order valence-electron chi connectivity index (χ1n) is 8.70. The third-order valence-corrected chi connectivity index (χ3v) is 4.57. The van der Waals surface area contributed by atoms with Gasteiger partial charge in [-0.05, 0) is 38.4 Å². The van der Waals surface area contributed by atoms with E-state index in [1.54, 1.807) is 7.11 Å². The predicted octanol–water partition coefficient (Wildman–Crippen LogP) is 1.55. The summed E-state index contributed by atoms with van der Waals surface area (Å²) in [7, 11) is 5.81. The van der Waals surface area contributed by atoms with E-state index < -0.39 is 0 Å². The van der Waals surface area contributed by atoms with Crippen LogP contribution < -0.4 is 10.3 Å². The van der Waals surface area contributed by atoms with Gasteiger partial charge in [-0.15, -0.1) is 0 Å². The molecule has 0 amide bonds. The van der Waals surface area contributed by atoms with Gasteiger partial charge in [0.1, 0.15) is 5.75 Å². The van der Waals surface area contributed by atoms with Crippen molar-refractivity contribution in [3.63, 3.8) is 0 Å². The maximum atomic E-state index is 12.5. The zero-order chi connectivity index (χ0) is 17.8. The average molecular weight is 345 g/mol. The quantitative estimate of drug-likeness (QED) is 0.891. The van der Waals surface area contributed by atoms with Crippen LogP contribution in [0.25, 0.3) is 10.9 Å². The van der Waals surface area contributed by atoms with Crippen molar-refractivity contribution in [1.29, 1.82) is 0 Å². The van der Waals surface area contributed by atoms with Gasteiger partial charge in [0.25, 0.3) is 5.56 Å². The van der Waals surface area contributed by atoms with Crippen molar-refractivity contribution in [2.75, 3.05) is 54.1 Å². The molecular formula is C19H27N3O3. The monoisotopic (exact) mass is 345 g/mol. The van der Waals surface area contributed by atoms with Gasteiger partial charge in [-0.1, -0.05) is 0 Å². The topological polar surface area (TPSA) is 57.8 Å². The second-order valence-corrected chi connectivity index (χ2v) is 7.02. The summed E-state index contributed by atoms with van der Waals surface area (Å²) in [6.07, 6.45) is 0. The molecule has 25 heavy (non-hydrogen) atoms. The first-order chi connectivity index (χ1) is 12.0. The molecule has 1 aliphatic heterocycles. The van der Waals surface area contributed by atoms with Gasteiger partial charge < -0.3 is 19.4 Å². The number of H-pyrrole nitrogens is 1. The molecule has 1 fully saturated rings. The predicted molar refractivity (Wildman–Crippen MR) is 99.3 cm³/mol. The molecular weight excluding hydrogens is 318 g/mol. The zero-order valence-corrected chi connectivity index (χ0v) is 15.2. The lowest BCUT2D eigenvalue weighted by Crippen LogP contribution is -2.35. The standard InChI is InChI=1S/C19H27N3O3/c1-21(2)10-14-11-22(6-7-25-13-14)12-16-8-15-9-17(24-3)4-5-18(15)20-19(16)23/h4-5,8-9,14H,6-7,10-13H2,1-3H3,(H,20,23). The first kappa shape index (κ1) is 17.9. The van der Waals surface area contributed by atoms with Gasteiger partial charge in [0, 0.05) is 48.6 Å². The fraction of sp³-hybridized carbons (Fsp3) is 0.526. The Bertz CT molecular complexity index is 772. The zero-order valence-electron chi connectivity index (χ0n) is 15.2. The van der Waals surface area contributed by atoms with E-state index in [0.29, 0.717) is 19.1 Å². The van der Waals surface area contributed by atoms with Crippen molar-refractivity contribution in [1.82, 2.24) is 14.8 Å². The van der Waals surface area contributed by atoms with Gasteiger partial charge >= 0.3 is 0 Å². The molecule has 0 aliphatic carbocycles. The number of ether oxygens (including phenoxy) is 2. The van der Waals surface area contributed by atoms with Crippen LogP contribution in [0.2, 0.25) is 0 Å². The van der Waals surface area contributed by atoms with Crippen molar-refractivity contribution in [2.45, 2.75) is 6.54 Å². The molecule has 1 saturated heterocycles. The lowest BCUT2D eigenvalue weighted by atomic mass is 10.1. The highest BCUT2D eigenvalue weighted by Gasteiger charge is 2.20. The molecule has 3 rings (SSSR count). The first-order valence-corrected chi connectivity index (χ1v) is 8.70. The van der Waals surface area contributed by atoms with E-state index in [1.165, 1.54) is 0 Å². The minimum absolute atomic E-state index is 0.0213. The lowest BCUT2D eigenvalue weighted by Gasteiger charge is -2.25. The molecule has 1 aromatic carbocycles. The Labute approximate surface area is 148 Å². The number of fused-ring (bicyclic) bond motifs is 1. The van der Waals surface area contributed by atoms with Crippen LogP contribution in [0.5, 0.6) is 5.75 Å². The maximum Gasteiger partial charge on any atom is 0.252 e. The summed E-state index contributed by atoms with van der Waals surface area (Å²) >= 11 is 0. The van der Waals surface area contributed by atoms with E-state index in [2.05, 4.69) is 28.9 Å². The molecule has 0 spiro atoms. The molecule has 136 valence electrons. The maximum absolute atomic E-state index is 12.5. The SMILES string of the molecule is COc1ccc2[nH]c(=O)c(CN3CCOCC(CN(C)C)C3)cc2c1. The van der Waals surface area contributed by atoms with Gasteiger partial charge in [-0.2, -0.15) is 0 Å². The molecule has 0 saturated carbocycles. The van der Waals surface area contributed by atoms with Crippen LogP contribution in [0.1, 0.15) is 5.56 Å². The summed E-state index contributed by atoms with van der Waals surface area (Å²) in [4.78, 5) is 19.9. The fourth-order valence-electron chi connectivity index (χ4n) is 3.44. The number of benzene rings is 1. The van der Waals surface area contributed by atoms with E-state index in [9.17, 15) is 4.79 Å². The molecule has 6 nitrogen and oxygen atoms in total. The lowest BCUT2D eigenvalue weighted by molar-refractivity contribution is 0.112. The Morgan fingerprint density at radius 2 is 2.20 bits per heavy atom. The third kappa shape index (κ3) is 4.60. The highest BCUT2D eigenvalue weighted by molar-refractivity contribution is 5.80. The number of pyridine rings is 1. The molecule has 2 aromatic rings. The van der Waals surface area contributed by atoms with Crippen LogP contribution in [0.4, 0.5) is 0 Å². The second kappa shape index (κ2) is 7.99. The van der Waals surface area contributed by atoms with Crippen molar-refractivity contribution in [3.05, 3.63) is 40.2 Å². The highest BCUT2D eigenvalue weighted by Crippen LogP contribution is 2.19. The molecule has 1 N–H and O–H groups in total. The fourth-order valence-corrected chi connectivity index (χ4v) is 3.44. The Hall–Kier alpha value is -1.89. The normalized spacial score (nSPS) is 19.3. The van der Waals surface area contributed by atoms with Gasteiger partial charge in [-0.25, -0.2) is 0 Å². The number of hydrogen-bond donors (Lipinski definition) is 1. The van der Waals surface area contributed by atoms with Crippen LogP contribution >= 0.6 is 0 Å². The summed E-state index contributed by atoms with van der Waals surface area (Å²) in [6, 6.07) is 7.67. The smallest absolute Gasteiger partial charge is 0.252 e. The molecule has 0 radical (unpaired) electrons. The van der Waals surface area contributed by atoms with Crippen LogP contribution in [-0.4, -0.2) is 68.8 Å². The Morgan fingerprint density at radius 3 is 2.96 bits per heavy atom. The van der Waals surface area contributed by atoms with Crippen LogP contribution in [0, 0.1) is 5.92 Å². The molecule has 1 atom stereocenters. The largest absolute Gasteiger partial charge is 0.497 e. The van der Waals surface area contributed by atoms with Crippen LogP contribution in [0.3, 0.4) is 0 Å². The Morgan fingerprint density at radius 1 is 1.36 bits per heavy atom. The second-order valence-electron chi connectivity index (χ2n) is 7.02. The Balaban J connectivity index is 1.80. The Kier molecular flexibility index (Phi) is 5.73. The minimum atomic E-state index is -0.0213. The summed E-state index contributed by atoms with van der Waals surface area (Å²) in [6.45, 7) is 4.90. The van der Waals surface area contributed by atoms with E-state index in [0.717, 1.165) is 48.5 Å². The van der Waals surface area contributed by atoms with Crippen molar-refractivity contribution < 1.29 is 9.47 Å². The van der Waals surface area contributed by atoms with E-state index in [-0.39, 0.29) is 5.56 Å². The molecule has 1 aliphatic rings. The summed E-state index contributed by atoms with van der Waals surface area (Å²) in [5.74, 6) is 1.25. The van der Waals surface area contributed by atoms with E-state index >= 15 is 0 Å². The summed E-state index contributed by atoms with van der Waals surface area (Å²) in [5.41, 5.74) is 1.59. The molecule has 0 bridgehead atoms. The number of aromatic amines is 1. The molecule has 1 aromatic heterocycles. The van der Waals surface area contributed by atoms with Gasteiger partial charge in [-0.3, -0.25) is 9.69 Å².